The topological polar surface area (TPSA) is 47.3 Å². The van der Waals surface area contributed by atoms with Crippen LogP contribution in [0, 0.1) is 0 Å². The zero-order valence-electron chi connectivity index (χ0n) is 9.91. The van der Waals surface area contributed by atoms with Crippen LogP contribution >= 0.6 is 0 Å². The molecule has 3 nitrogen and oxygen atoms in total. The summed E-state index contributed by atoms with van der Waals surface area (Å²) in [4.78, 5) is 0. The molecule has 3 N–H and O–H groups in total. The molecule has 0 aromatic carbocycles. The Labute approximate surface area is 93.1 Å². The van der Waals surface area contributed by atoms with Gasteiger partial charge in [-0.25, -0.2) is 0 Å². The van der Waals surface area contributed by atoms with Gasteiger partial charge in [0.2, 0.25) is 0 Å². The second-order valence-corrected chi connectivity index (χ2v) is 4.22. The summed E-state index contributed by atoms with van der Waals surface area (Å²) in [5, 5.41) is 3.47. The number of hydrogen-bond acceptors (Lipinski definition) is 3. The largest absolute Gasteiger partial charge is 0.374 e. The van der Waals surface area contributed by atoms with Crippen LogP contribution in [-0.4, -0.2) is 31.3 Å². The molecular formula is C12H24N2O. The maximum absolute atomic E-state index is 5.81. The van der Waals surface area contributed by atoms with E-state index in [1.165, 1.54) is 0 Å². The number of allylic oxidation sites excluding steroid dienone is 1. The van der Waals surface area contributed by atoms with E-state index < -0.39 is 0 Å². The minimum absolute atomic E-state index is 0.315. The van der Waals surface area contributed by atoms with Gasteiger partial charge >= 0.3 is 0 Å². The van der Waals surface area contributed by atoms with Crippen LogP contribution in [0.4, 0.5) is 0 Å². The van der Waals surface area contributed by atoms with Gasteiger partial charge in [0.1, 0.15) is 0 Å². The molecule has 3 unspecified atom stereocenters. The molecule has 0 spiro atoms. The highest BCUT2D eigenvalue weighted by Crippen LogP contribution is 2.21. The van der Waals surface area contributed by atoms with Gasteiger partial charge in [-0.1, -0.05) is 12.2 Å². The van der Waals surface area contributed by atoms with Crippen molar-refractivity contribution in [2.24, 2.45) is 5.73 Å². The number of nitrogens with one attached hydrogen (secondary N) is 1. The first-order chi connectivity index (χ1) is 7.27. The van der Waals surface area contributed by atoms with E-state index in [9.17, 15) is 0 Å². The molecule has 0 bridgehead atoms. The number of rotatable bonds is 6. The Kier molecular flexibility index (Phi) is 5.91. The summed E-state index contributed by atoms with van der Waals surface area (Å²) in [5.74, 6) is 0. The molecule has 3 heteroatoms. The minimum atomic E-state index is 0.315. The van der Waals surface area contributed by atoms with Gasteiger partial charge in [-0.05, 0) is 39.7 Å². The van der Waals surface area contributed by atoms with Crippen LogP contribution in [0.2, 0.25) is 0 Å². The summed E-state index contributed by atoms with van der Waals surface area (Å²) in [6, 6.07) is 0.320. The lowest BCUT2D eigenvalue weighted by Crippen LogP contribution is -2.45. The van der Waals surface area contributed by atoms with Crippen molar-refractivity contribution in [1.82, 2.24) is 5.32 Å². The average Bonchev–Trinajstić information content (AvgIpc) is 2.65. The molecule has 1 aliphatic heterocycles. The molecule has 0 radical (unpaired) electrons. The van der Waals surface area contributed by atoms with Crippen LogP contribution in [0.5, 0.6) is 0 Å². The third-order valence-corrected chi connectivity index (χ3v) is 2.92. The highest BCUT2D eigenvalue weighted by atomic mass is 16.5. The normalized spacial score (nSPS) is 28.7. The molecule has 0 saturated carbocycles. The summed E-state index contributed by atoms with van der Waals surface area (Å²) in [7, 11) is 0. The Morgan fingerprint density at radius 1 is 1.53 bits per heavy atom. The Morgan fingerprint density at radius 3 is 2.87 bits per heavy atom. The van der Waals surface area contributed by atoms with Crippen molar-refractivity contribution in [2.45, 2.75) is 51.4 Å². The van der Waals surface area contributed by atoms with Crippen LogP contribution in [-0.2, 0) is 4.74 Å². The molecule has 0 aromatic rings. The summed E-state index contributed by atoms with van der Waals surface area (Å²) in [6.07, 6.45) is 8.33. The van der Waals surface area contributed by atoms with Crippen LogP contribution in [0.1, 0.15) is 33.1 Å². The number of ether oxygens (including phenoxy) is 1. The van der Waals surface area contributed by atoms with E-state index in [1.807, 2.05) is 6.92 Å². The van der Waals surface area contributed by atoms with Crippen molar-refractivity contribution >= 4 is 0 Å². The molecule has 0 aromatic heterocycles. The smallest absolute Gasteiger partial charge is 0.0744 e. The van der Waals surface area contributed by atoms with Crippen molar-refractivity contribution in [3.05, 3.63) is 12.2 Å². The Hall–Kier alpha value is -0.380. The van der Waals surface area contributed by atoms with Gasteiger partial charge in [0.05, 0.1) is 12.2 Å². The molecule has 88 valence electrons. The fraction of sp³-hybridized carbons (Fsp3) is 0.833. The van der Waals surface area contributed by atoms with Crippen molar-refractivity contribution in [3.63, 3.8) is 0 Å². The lowest BCUT2D eigenvalue weighted by atomic mass is 10.1. The number of nitrogens with two attached hydrogens (primary N) is 1. The molecule has 1 aliphatic rings. The van der Waals surface area contributed by atoms with Crippen LogP contribution in [0.15, 0.2) is 12.2 Å². The van der Waals surface area contributed by atoms with Crippen LogP contribution < -0.4 is 11.1 Å². The molecule has 3 atom stereocenters. The minimum Gasteiger partial charge on any atom is -0.374 e. The van der Waals surface area contributed by atoms with Gasteiger partial charge in [-0.15, -0.1) is 0 Å². The average molecular weight is 212 g/mol. The van der Waals surface area contributed by atoms with Gasteiger partial charge in [0.15, 0.2) is 0 Å². The molecule has 1 saturated heterocycles. The summed E-state index contributed by atoms with van der Waals surface area (Å²) in [6.45, 7) is 5.82. The third-order valence-electron chi connectivity index (χ3n) is 2.92. The predicted molar refractivity (Wildman–Crippen MR) is 63.8 cm³/mol. The zero-order valence-corrected chi connectivity index (χ0v) is 9.91. The zero-order chi connectivity index (χ0) is 11.1. The fourth-order valence-corrected chi connectivity index (χ4v) is 2.01. The maximum atomic E-state index is 5.81. The lowest BCUT2D eigenvalue weighted by Gasteiger charge is -2.23. The van der Waals surface area contributed by atoms with Gasteiger partial charge < -0.3 is 15.8 Å². The SMILES string of the molecule is C/C=C/CCNC(CN)C1CCC(C)O1. The van der Waals surface area contributed by atoms with Crippen molar-refractivity contribution in [2.75, 3.05) is 13.1 Å². The molecule has 15 heavy (non-hydrogen) atoms. The first-order valence-corrected chi connectivity index (χ1v) is 5.98. The van der Waals surface area contributed by atoms with Gasteiger partial charge in [0.25, 0.3) is 0 Å². The lowest BCUT2D eigenvalue weighted by molar-refractivity contribution is 0.0341. The molecule has 1 heterocycles. The van der Waals surface area contributed by atoms with E-state index in [4.69, 9.17) is 10.5 Å². The van der Waals surface area contributed by atoms with E-state index >= 15 is 0 Å². The molecule has 1 fully saturated rings. The first kappa shape index (κ1) is 12.7. The van der Waals surface area contributed by atoms with Crippen molar-refractivity contribution in [1.29, 1.82) is 0 Å². The van der Waals surface area contributed by atoms with Gasteiger partial charge in [-0.2, -0.15) is 0 Å². The van der Waals surface area contributed by atoms with Crippen molar-refractivity contribution < 1.29 is 4.74 Å². The summed E-state index contributed by atoms with van der Waals surface area (Å²) < 4.78 is 5.81. The predicted octanol–water partition coefficient (Wildman–Crippen LogP) is 1.44. The second-order valence-electron chi connectivity index (χ2n) is 4.22. The Balaban J connectivity index is 2.23. The summed E-state index contributed by atoms with van der Waals surface area (Å²) >= 11 is 0. The van der Waals surface area contributed by atoms with E-state index in [2.05, 4.69) is 24.4 Å². The standard InChI is InChI=1S/C12H24N2O/c1-3-4-5-8-14-11(9-13)12-7-6-10(2)15-12/h3-4,10-12,14H,5-9,13H2,1-2H3/b4-3+. The molecule has 1 rings (SSSR count). The second kappa shape index (κ2) is 6.99. The number of hydrogen-bond donors (Lipinski definition) is 2. The molecular weight excluding hydrogens is 188 g/mol. The first-order valence-electron chi connectivity index (χ1n) is 5.98. The fourth-order valence-electron chi connectivity index (χ4n) is 2.01. The third kappa shape index (κ3) is 4.33. The highest BCUT2D eigenvalue weighted by molar-refractivity contribution is 4.85. The quantitative estimate of drug-likeness (QED) is 0.517. The molecule has 0 amide bonds. The van der Waals surface area contributed by atoms with E-state index in [1.54, 1.807) is 0 Å². The van der Waals surface area contributed by atoms with E-state index in [-0.39, 0.29) is 0 Å². The Bertz CT molecular complexity index is 194. The van der Waals surface area contributed by atoms with E-state index in [0.29, 0.717) is 24.8 Å². The van der Waals surface area contributed by atoms with Crippen LogP contribution in [0.3, 0.4) is 0 Å². The maximum Gasteiger partial charge on any atom is 0.0744 e. The highest BCUT2D eigenvalue weighted by Gasteiger charge is 2.28. The van der Waals surface area contributed by atoms with Gasteiger partial charge in [0, 0.05) is 12.6 Å². The summed E-state index contributed by atoms with van der Waals surface area (Å²) in [5.41, 5.74) is 5.75. The monoisotopic (exact) mass is 212 g/mol. The van der Waals surface area contributed by atoms with Crippen molar-refractivity contribution in [3.8, 4) is 0 Å². The van der Waals surface area contributed by atoms with Gasteiger partial charge in [-0.3, -0.25) is 0 Å². The Morgan fingerprint density at radius 2 is 2.33 bits per heavy atom. The molecule has 0 aliphatic carbocycles. The van der Waals surface area contributed by atoms with E-state index in [0.717, 1.165) is 25.8 Å². The van der Waals surface area contributed by atoms with Crippen LogP contribution in [0.25, 0.3) is 0 Å².